The van der Waals surface area contributed by atoms with Crippen molar-refractivity contribution in [1.29, 1.82) is 0 Å². The van der Waals surface area contributed by atoms with E-state index >= 15 is 0 Å². The third-order valence-corrected chi connectivity index (χ3v) is 31.0. The number of esters is 2. The Morgan fingerprint density at radius 3 is 0.575 bits per heavy atom. The SMILES string of the molecule is C.CN(C[C@@H]1C[C@H]1c1ccccc1)[C@H]1C[C@@H](C(=O)O)N(C(=O)C(c2ccccc2)c2ccccc2)C1.CN(C[C@H]1C[C@@H]1c1ccccc1)[C@H]1C[C@@H](C(=O)O)N(C(=O)C(c2ccccc2)c2ccccc2)C1.COC(=O)[C@@H]1C[C@H](N(C)C[C@@H]2C[C@H]2c2ccccc2)CN1C(=O)C(c1ccccc1)c1ccccc1.COC(=O)[C@@H]1C[C@H](N(C)C[C@H]2C[C@@H]2c2ccccc2)CN1C(=O)C(c1ccccc1)c1ccccc1.O.[Li+].[OH-]. The molecule has 12 aromatic carbocycles. The van der Waals surface area contributed by atoms with E-state index in [4.69, 9.17) is 9.47 Å². The maximum absolute atomic E-state index is 14.1. The van der Waals surface area contributed by atoms with Gasteiger partial charge in [-0.3, -0.25) is 19.2 Å². The second-order valence-corrected chi connectivity index (χ2v) is 40.1. The van der Waals surface area contributed by atoms with Crippen LogP contribution in [0, 0.1) is 23.7 Å². The number of hydrogen-bond acceptors (Lipinski definition) is 15. The summed E-state index contributed by atoms with van der Waals surface area (Å²) >= 11 is 0. The molecule has 0 radical (unpaired) electrons. The summed E-state index contributed by atoms with van der Waals surface area (Å²) in [7, 11) is 11.2. The number of hydrogen-bond donors (Lipinski definition) is 2. The Morgan fingerprint density at radius 1 is 0.267 bits per heavy atom. The van der Waals surface area contributed by atoms with Gasteiger partial charge >= 0.3 is 42.7 Å². The molecule has 0 unspecified atom stereocenters. The van der Waals surface area contributed by atoms with Crippen molar-refractivity contribution >= 4 is 47.5 Å². The van der Waals surface area contributed by atoms with Gasteiger partial charge in [-0.1, -0.05) is 371 Å². The smallest absolute Gasteiger partial charge is 0.870 e. The fraction of sp³-hybridized carbons (Fsp3) is 0.350. The molecule has 8 aliphatic rings. The van der Waals surface area contributed by atoms with Crippen LogP contribution in [0.2, 0.25) is 0 Å². The molecule has 4 amide bonds. The van der Waals surface area contributed by atoms with Gasteiger partial charge in [0.1, 0.15) is 24.2 Å². The molecule has 16 atom stereocenters. The predicted molar refractivity (Wildman–Crippen MR) is 566 cm³/mol. The number of aliphatic carboxylic acids is 2. The van der Waals surface area contributed by atoms with Gasteiger partial charge in [0.25, 0.3) is 0 Å². The molecule has 4 heterocycles. The van der Waals surface area contributed by atoms with Crippen LogP contribution >= 0.6 is 0 Å². The summed E-state index contributed by atoms with van der Waals surface area (Å²) in [6.45, 7) is 5.67. The van der Waals surface area contributed by atoms with Gasteiger partial charge in [-0.05, 0) is 194 Å². The zero-order valence-electron chi connectivity index (χ0n) is 84.0. The molecule has 0 aromatic heterocycles. The van der Waals surface area contributed by atoms with Crippen LogP contribution in [0.4, 0.5) is 0 Å². The summed E-state index contributed by atoms with van der Waals surface area (Å²) in [6, 6.07) is 118. The molecular weight excluding hydrogens is 1820 g/mol. The second-order valence-electron chi connectivity index (χ2n) is 40.1. The fourth-order valence-corrected chi connectivity index (χ4v) is 22.7. The molecule has 20 rings (SSSR count). The zero-order chi connectivity index (χ0) is 98.9. The number of rotatable bonds is 32. The van der Waals surface area contributed by atoms with E-state index in [9.17, 15) is 48.6 Å². The molecule has 8 fully saturated rings. The molecule has 146 heavy (non-hydrogen) atoms. The topological polar surface area (TPSA) is 283 Å². The maximum atomic E-state index is 14.1. The Hall–Kier alpha value is -13.2. The van der Waals surface area contributed by atoms with Crippen molar-refractivity contribution in [2.24, 2.45) is 23.7 Å². The first-order chi connectivity index (χ1) is 69.2. The van der Waals surface area contributed by atoms with Crippen molar-refractivity contribution in [3.63, 3.8) is 0 Å². The van der Waals surface area contributed by atoms with Gasteiger partial charge in [-0.2, -0.15) is 0 Å². The Labute approximate surface area is 872 Å². The second kappa shape index (κ2) is 51.7. The summed E-state index contributed by atoms with van der Waals surface area (Å²) in [5.41, 5.74) is 12.8. The van der Waals surface area contributed by atoms with E-state index in [2.05, 4.69) is 157 Å². The Morgan fingerprint density at radius 2 is 0.418 bits per heavy atom. The number of carboxylic acids is 2. The van der Waals surface area contributed by atoms with Crippen LogP contribution in [0.25, 0.3) is 0 Å². The average Bonchev–Trinajstić information content (AvgIpc) is 1.64. The average molecular weight is 1960 g/mol. The quantitative estimate of drug-likeness (QED) is 0.0293. The van der Waals surface area contributed by atoms with Crippen molar-refractivity contribution in [3.8, 4) is 0 Å². The number of methoxy groups -OCH3 is 2. The third kappa shape index (κ3) is 26.8. The molecule has 0 bridgehead atoms. The largest absolute Gasteiger partial charge is 1.00 e. The molecule has 4 aliphatic carbocycles. The van der Waals surface area contributed by atoms with Gasteiger partial charge in [0, 0.05) is 76.5 Å². The fourth-order valence-electron chi connectivity index (χ4n) is 22.7. The van der Waals surface area contributed by atoms with Crippen LogP contribution in [0.3, 0.4) is 0 Å². The molecule has 0 spiro atoms. The third-order valence-electron chi connectivity index (χ3n) is 31.0. The maximum Gasteiger partial charge on any atom is 1.00 e. The van der Waals surface area contributed by atoms with E-state index in [1.165, 1.54) is 49.3 Å². The van der Waals surface area contributed by atoms with E-state index < -0.39 is 59.8 Å². The van der Waals surface area contributed by atoms with Crippen molar-refractivity contribution in [2.45, 2.75) is 154 Å². The number of carbonyl (C=O) groups is 8. The first-order valence-electron chi connectivity index (χ1n) is 50.4. The molecule has 12 aromatic rings. The number of benzene rings is 12. The van der Waals surface area contributed by atoms with Crippen molar-refractivity contribution < 1.29 is 87.9 Å². The van der Waals surface area contributed by atoms with E-state index in [1.807, 2.05) is 255 Å². The standard InChI is InChI=1S/2C31H34N2O3.2C30H32N2O3.CH4.Li.2H2O/c2*1-32(20-25-18-27(25)22-12-6-3-7-13-22)26-19-28(31(35)36-2)33(21-26)30(34)29(23-14-8-4-9-15-23)24-16-10-5-11-17-24;2*1-31(19-24-17-26(24)21-11-5-2-6-12-21)25-18-27(30(34)35)32(20-25)29(33)28(22-13-7-3-8-14-22)23-15-9-4-10-16-23;;;;/h2*3-17,25-29H,18-21H2,1-2H3;2*2-16,24-28H,17-20H2,1H3,(H,34,35);1H4;;2*1H2/q;;;;;+1;;/p-1/t25-,26+,27-,28+;25-,26-,27-,28-;24-,25+,26-,27+;24-,25-,26-,27-;;;;/m1010..../s1. The van der Waals surface area contributed by atoms with E-state index in [-0.39, 0.29) is 97.0 Å². The molecule has 4 aliphatic heterocycles. The zero-order valence-corrected chi connectivity index (χ0v) is 84.0. The summed E-state index contributed by atoms with van der Waals surface area (Å²) in [6.07, 6.45) is 6.80. The number of nitrogens with zero attached hydrogens (tertiary/aromatic N) is 8. The van der Waals surface area contributed by atoms with Crippen molar-refractivity contribution in [1.82, 2.24) is 39.2 Å². The van der Waals surface area contributed by atoms with Crippen LogP contribution in [-0.4, -0.2) is 251 Å². The summed E-state index contributed by atoms with van der Waals surface area (Å²) < 4.78 is 10.3. The van der Waals surface area contributed by atoms with Crippen molar-refractivity contribution in [2.75, 3.05) is 94.8 Å². The first-order valence-corrected chi connectivity index (χ1v) is 50.4. The molecule has 22 nitrogen and oxygen atoms in total. The van der Waals surface area contributed by atoms with E-state index in [0.717, 1.165) is 83.5 Å². The Kier molecular flexibility index (Phi) is 38.9. The van der Waals surface area contributed by atoms with Gasteiger partial charge in [-0.25, -0.2) is 19.2 Å². The number of ether oxygens (including phenoxy) is 2. The molecule has 756 valence electrons. The minimum Gasteiger partial charge on any atom is -0.870 e. The number of amides is 4. The molecule has 4 saturated heterocycles. The summed E-state index contributed by atoms with van der Waals surface area (Å²) in [5.74, 6) is -0.137. The van der Waals surface area contributed by atoms with Crippen molar-refractivity contribution in [3.05, 3.63) is 431 Å². The molecule has 4 saturated carbocycles. The molecule has 23 heteroatoms. The van der Waals surface area contributed by atoms with Gasteiger partial charge < -0.3 is 69.8 Å². The number of likely N-dealkylation sites (N-methyl/N-ethyl adjacent to an activating group) is 4. The van der Waals surface area contributed by atoms with Crippen LogP contribution in [0.1, 0.15) is 173 Å². The van der Waals surface area contributed by atoms with Gasteiger partial charge in [0.2, 0.25) is 23.6 Å². The van der Waals surface area contributed by atoms with Gasteiger partial charge in [0.15, 0.2) is 0 Å². The molecular formula is C123H139LiN8O14. The monoisotopic (exact) mass is 1960 g/mol. The Balaban J connectivity index is 0.000000161. The number of carbonyl (C=O) groups excluding carboxylic acids is 6. The predicted octanol–water partition coefficient (Wildman–Crippen LogP) is 15.2. The van der Waals surface area contributed by atoms with Crippen LogP contribution in [0.5, 0.6) is 0 Å². The normalized spacial score (nSPS) is 22.7. The van der Waals surface area contributed by atoms with E-state index in [1.54, 1.807) is 19.6 Å². The minimum absolute atomic E-state index is 0. The summed E-state index contributed by atoms with van der Waals surface area (Å²) in [5, 5.41) is 20.1. The Bertz CT molecular complexity index is 5620. The van der Waals surface area contributed by atoms with Crippen LogP contribution in [0.15, 0.2) is 364 Å². The van der Waals surface area contributed by atoms with Gasteiger partial charge in [0.05, 0.1) is 37.9 Å². The summed E-state index contributed by atoms with van der Waals surface area (Å²) in [4.78, 5) is 122. The van der Waals surface area contributed by atoms with Crippen LogP contribution < -0.4 is 18.9 Å². The first kappa shape index (κ1) is 110. The van der Waals surface area contributed by atoms with E-state index in [0.29, 0.717) is 99.2 Å². The number of likely N-dealkylation sites (tertiary alicyclic amines) is 4. The molecule has 5 N–H and O–H groups in total. The minimum atomic E-state index is -0.928. The van der Waals surface area contributed by atoms with Crippen LogP contribution in [-0.2, 0) is 47.8 Å². The van der Waals surface area contributed by atoms with Gasteiger partial charge in [-0.15, -0.1) is 0 Å². The number of carboxylic acid groups (broad SMARTS) is 2.